The molecule has 0 aliphatic carbocycles. The number of benzene rings is 1. The second-order valence-corrected chi connectivity index (χ2v) is 4.34. The maximum atomic E-state index is 6.07. The molecular weight excluding hydrogens is 246 g/mol. The predicted molar refractivity (Wildman–Crippen MR) is 75.4 cm³/mol. The van der Waals surface area contributed by atoms with Crippen LogP contribution in [0.2, 0.25) is 5.15 Å². The molecule has 3 nitrogen and oxygen atoms in total. The van der Waals surface area contributed by atoms with Crippen molar-refractivity contribution in [2.45, 2.75) is 13.3 Å². The van der Waals surface area contributed by atoms with Crippen LogP contribution in [0.1, 0.15) is 11.1 Å². The molecule has 2 rings (SSSR count). The molecular formula is C14H14ClN3. The fourth-order valence-corrected chi connectivity index (χ4v) is 1.89. The second kappa shape index (κ2) is 5.65. The number of aromatic nitrogens is 2. The first-order chi connectivity index (χ1) is 8.70. The number of rotatable bonds is 4. The van der Waals surface area contributed by atoms with Gasteiger partial charge < -0.3 is 5.32 Å². The second-order valence-electron chi connectivity index (χ2n) is 3.98. The lowest BCUT2D eigenvalue weighted by Crippen LogP contribution is -2.01. The maximum Gasteiger partial charge on any atom is 0.138 e. The summed E-state index contributed by atoms with van der Waals surface area (Å²) in [7, 11) is 0. The van der Waals surface area contributed by atoms with Gasteiger partial charge in [0.1, 0.15) is 17.3 Å². The molecule has 0 bridgehead atoms. The Morgan fingerprint density at radius 1 is 1.39 bits per heavy atom. The third kappa shape index (κ3) is 2.87. The van der Waals surface area contributed by atoms with Crippen LogP contribution in [0.3, 0.4) is 0 Å². The van der Waals surface area contributed by atoms with E-state index in [0.717, 1.165) is 17.1 Å². The molecule has 0 amide bonds. The molecule has 1 aromatic carbocycles. The summed E-state index contributed by atoms with van der Waals surface area (Å²) in [6.07, 6.45) is 3.87. The molecule has 2 aromatic rings. The van der Waals surface area contributed by atoms with Gasteiger partial charge in [0.15, 0.2) is 0 Å². The highest BCUT2D eigenvalue weighted by Gasteiger charge is 2.08. The number of allylic oxidation sites excluding steroid dienone is 1. The molecule has 1 N–H and O–H groups in total. The highest BCUT2D eigenvalue weighted by atomic mass is 35.5. The normalized spacial score (nSPS) is 10.1. The van der Waals surface area contributed by atoms with Gasteiger partial charge in [-0.3, -0.25) is 0 Å². The van der Waals surface area contributed by atoms with E-state index in [2.05, 4.69) is 21.9 Å². The lowest BCUT2D eigenvalue weighted by atomic mass is 10.2. The van der Waals surface area contributed by atoms with E-state index >= 15 is 0 Å². The molecule has 0 saturated heterocycles. The Hall–Kier alpha value is -1.87. The van der Waals surface area contributed by atoms with Gasteiger partial charge in [0.2, 0.25) is 0 Å². The molecule has 0 aliphatic rings. The van der Waals surface area contributed by atoms with E-state index in [4.69, 9.17) is 11.6 Å². The minimum Gasteiger partial charge on any atom is -0.340 e. The van der Waals surface area contributed by atoms with Crippen molar-refractivity contribution in [3.63, 3.8) is 0 Å². The van der Waals surface area contributed by atoms with Gasteiger partial charge in [0, 0.05) is 11.3 Å². The average molecular weight is 260 g/mol. The molecule has 0 aliphatic heterocycles. The van der Waals surface area contributed by atoms with Gasteiger partial charge >= 0.3 is 0 Å². The van der Waals surface area contributed by atoms with Crippen LogP contribution in [0.15, 0.2) is 43.2 Å². The van der Waals surface area contributed by atoms with Gasteiger partial charge in [-0.15, -0.1) is 6.58 Å². The van der Waals surface area contributed by atoms with Gasteiger partial charge in [-0.25, -0.2) is 9.97 Å². The van der Waals surface area contributed by atoms with E-state index in [-0.39, 0.29) is 0 Å². The van der Waals surface area contributed by atoms with Crippen molar-refractivity contribution in [1.29, 1.82) is 0 Å². The third-order valence-electron chi connectivity index (χ3n) is 2.52. The molecule has 0 unspecified atom stereocenters. The number of hydrogen-bond acceptors (Lipinski definition) is 3. The summed E-state index contributed by atoms with van der Waals surface area (Å²) in [4.78, 5) is 8.21. The van der Waals surface area contributed by atoms with E-state index in [9.17, 15) is 0 Å². The van der Waals surface area contributed by atoms with Crippen molar-refractivity contribution >= 4 is 23.1 Å². The zero-order chi connectivity index (χ0) is 13.0. The SMILES string of the molecule is C=CCc1c(Cl)ncnc1Nc1cccc(C)c1. The van der Waals surface area contributed by atoms with Crippen LogP contribution in [0.5, 0.6) is 0 Å². The summed E-state index contributed by atoms with van der Waals surface area (Å²) >= 11 is 6.07. The minimum atomic E-state index is 0.458. The molecule has 0 fully saturated rings. The number of nitrogens with zero attached hydrogens (tertiary/aromatic N) is 2. The van der Waals surface area contributed by atoms with Gasteiger partial charge in [-0.1, -0.05) is 29.8 Å². The number of anilines is 2. The Morgan fingerprint density at radius 2 is 2.22 bits per heavy atom. The quantitative estimate of drug-likeness (QED) is 0.668. The fraction of sp³-hybridized carbons (Fsp3) is 0.143. The minimum absolute atomic E-state index is 0.458. The summed E-state index contributed by atoms with van der Waals surface area (Å²) in [5, 5.41) is 3.71. The van der Waals surface area contributed by atoms with E-state index in [0.29, 0.717) is 11.6 Å². The van der Waals surface area contributed by atoms with E-state index in [1.165, 1.54) is 11.9 Å². The monoisotopic (exact) mass is 259 g/mol. The van der Waals surface area contributed by atoms with Gasteiger partial charge in [0.25, 0.3) is 0 Å². The summed E-state index contributed by atoms with van der Waals surface area (Å²) < 4.78 is 0. The predicted octanol–water partition coefficient (Wildman–Crippen LogP) is 3.91. The van der Waals surface area contributed by atoms with E-state index < -0.39 is 0 Å². The molecule has 18 heavy (non-hydrogen) atoms. The Balaban J connectivity index is 2.34. The summed E-state index contributed by atoms with van der Waals surface area (Å²) in [6.45, 7) is 5.76. The number of halogens is 1. The Morgan fingerprint density at radius 3 is 2.94 bits per heavy atom. The first-order valence-corrected chi connectivity index (χ1v) is 6.02. The van der Waals surface area contributed by atoms with Crippen molar-refractivity contribution in [3.8, 4) is 0 Å². The third-order valence-corrected chi connectivity index (χ3v) is 2.85. The molecule has 0 atom stereocenters. The van der Waals surface area contributed by atoms with Crippen LogP contribution in [0.4, 0.5) is 11.5 Å². The standard InChI is InChI=1S/C14H14ClN3/c1-3-5-12-13(15)16-9-17-14(12)18-11-7-4-6-10(2)8-11/h3-4,6-9H,1,5H2,2H3,(H,16,17,18). The van der Waals surface area contributed by atoms with Crippen LogP contribution >= 0.6 is 11.6 Å². The summed E-state index contributed by atoms with van der Waals surface area (Å²) in [6, 6.07) is 8.07. The largest absolute Gasteiger partial charge is 0.340 e. The maximum absolute atomic E-state index is 6.07. The molecule has 0 saturated carbocycles. The van der Waals surface area contributed by atoms with Crippen molar-refractivity contribution < 1.29 is 0 Å². The van der Waals surface area contributed by atoms with Crippen LogP contribution in [0.25, 0.3) is 0 Å². The zero-order valence-electron chi connectivity index (χ0n) is 10.2. The Bertz CT molecular complexity index is 567. The van der Waals surface area contributed by atoms with E-state index in [1.807, 2.05) is 31.2 Å². The first-order valence-electron chi connectivity index (χ1n) is 5.64. The fourth-order valence-electron chi connectivity index (χ4n) is 1.68. The van der Waals surface area contributed by atoms with Gasteiger partial charge in [0.05, 0.1) is 0 Å². The molecule has 0 radical (unpaired) electrons. The molecule has 1 aromatic heterocycles. The highest BCUT2D eigenvalue weighted by molar-refractivity contribution is 6.30. The number of aryl methyl sites for hydroxylation is 1. The number of nitrogens with one attached hydrogen (secondary N) is 1. The molecule has 4 heteroatoms. The zero-order valence-corrected chi connectivity index (χ0v) is 10.9. The van der Waals surface area contributed by atoms with E-state index in [1.54, 1.807) is 6.08 Å². The van der Waals surface area contributed by atoms with Crippen molar-refractivity contribution in [3.05, 3.63) is 59.5 Å². The average Bonchev–Trinajstić information content (AvgIpc) is 2.34. The smallest absolute Gasteiger partial charge is 0.138 e. The van der Waals surface area contributed by atoms with Crippen LogP contribution in [-0.4, -0.2) is 9.97 Å². The molecule has 0 spiro atoms. The molecule has 92 valence electrons. The lowest BCUT2D eigenvalue weighted by molar-refractivity contribution is 1.09. The van der Waals surface area contributed by atoms with Gasteiger partial charge in [-0.05, 0) is 31.0 Å². The topological polar surface area (TPSA) is 37.8 Å². The van der Waals surface area contributed by atoms with Crippen molar-refractivity contribution in [1.82, 2.24) is 9.97 Å². The molecule has 1 heterocycles. The highest BCUT2D eigenvalue weighted by Crippen LogP contribution is 2.24. The van der Waals surface area contributed by atoms with Crippen LogP contribution in [-0.2, 0) is 6.42 Å². The Kier molecular flexibility index (Phi) is 3.95. The van der Waals surface area contributed by atoms with Crippen molar-refractivity contribution in [2.24, 2.45) is 0 Å². The van der Waals surface area contributed by atoms with Crippen molar-refractivity contribution in [2.75, 3.05) is 5.32 Å². The lowest BCUT2D eigenvalue weighted by Gasteiger charge is -2.10. The summed E-state index contributed by atoms with van der Waals surface area (Å²) in [5.74, 6) is 0.723. The number of hydrogen-bond donors (Lipinski definition) is 1. The Labute approximate surface area is 112 Å². The van der Waals surface area contributed by atoms with Crippen LogP contribution < -0.4 is 5.32 Å². The first kappa shape index (κ1) is 12.6. The van der Waals surface area contributed by atoms with Crippen LogP contribution in [0, 0.1) is 6.92 Å². The summed E-state index contributed by atoms with van der Waals surface area (Å²) in [5.41, 5.74) is 3.02. The van der Waals surface area contributed by atoms with Gasteiger partial charge in [-0.2, -0.15) is 0 Å².